The number of nitriles is 2. The molecular weight excluding hydrogens is 319 g/mol. The molecule has 3 rings (SSSR count). The number of rotatable bonds is 4. The quantitative estimate of drug-likeness (QED) is 0.767. The Hall–Kier alpha value is -3.64. The largest absolute Gasteiger partial charge is 0.297 e. The van der Waals surface area contributed by atoms with E-state index in [-0.39, 0.29) is 5.56 Å². The Bertz CT molecular complexity index is 993. The molecule has 6 heteroatoms. The summed E-state index contributed by atoms with van der Waals surface area (Å²) in [6.45, 7) is 0. The summed E-state index contributed by atoms with van der Waals surface area (Å²) < 4.78 is 13.3. The van der Waals surface area contributed by atoms with Crippen molar-refractivity contribution in [3.8, 4) is 23.4 Å². The van der Waals surface area contributed by atoms with Crippen LogP contribution in [0.2, 0.25) is 0 Å². The van der Waals surface area contributed by atoms with Gasteiger partial charge in [0, 0.05) is 5.92 Å². The van der Waals surface area contributed by atoms with Crippen LogP contribution in [-0.4, -0.2) is 10.2 Å². The second-order valence-electron chi connectivity index (χ2n) is 5.50. The van der Waals surface area contributed by atoms with Gasteiger partial charge in [0.1, 0.15) is 11.7 Å². The van der Waals surface area contributed by atoms with Crippen molar-refractivity contribution >= 4 is 0 Å². The van der Waals surface area contributed by atoms with Crippen molar-refractivity contribution in [2.45, 2.75) is 5.92 Å². The number of aromatic amines is 2. The summed E-state index contributed by atoms with van der Waals surface area (Å²) >= 11 is 0. The van der Waals surface area contributed by atoms with Crippen LogP contribution in [0.3, 0.4) is 0 Å². The summed E-state index contributed by atoms with van der Waals surface area (Å²) in [6.07, 6.45) is 0. The third-order valence-electron chi connectivity index (χ3n) is 4.03. The Morgan fingerprint density at radius 3 is 2.16 bits per heavy atom. The molecule has 0 radical (unpaired) electrons. The summed E-state index contributed by atoms with van der Waals surface area (Å²) in [5, 5.41) is 24.1. The SMILES string of the molecule is N#CC(C#N)C(c1ccc(F)cc1)c1c(-c2ccccc2)[nH][nH]c1=O. The number of benzene rings is 2. The van der Waals surface area contributed by atoms with Crippen LogP contribution in [0.4, 0.5) is 4.39 Å². The number of hydrogen-bond acceptors (Lipinski definition) is 3. The van der Waals surface area contributed by atoms with Crippen LogP contribution in [0.15, 0.2) is 59.4 Å². The molecule has 0 bridgehead atoms. The predicted molar refractivity (Wildman–Crippen MR) is 89.8 cm³/mol. The molecule has 0 aliphatic carbocycles. The van der Waals surface area contributed by atoms with Crippen LogP contribution in [0, 0.1) is 34.4 Å². The summed E-state index contributed by atoms with van der Waals surface area (Å²) in [7, 11) is 0. The molecule has 1 unspecified atom stereocenters. The molecule has 2 aromatic carbocycles. The van der Waals surface area contributed by atoms with Gasteiger partial charge in [-0.3, -0.25) is 15.0 Å². The molecule has 122 valence electrons. The molecule has 25 heavy (non-hydrogen) atoms. The standard InChI is InChI=1S/C19H13FN4O/c20-15-8-6-12(7-9-15)16(14(10-21)11-22)17-18(23-24-19(17)25)13-4-2-1-3-5-13/h1-9,14,16H,(H2,23,24,25). The normalized spacial score (nSPS) is 11.7. The first kappa shape index (κ1) is 16.2. The Balaban J connectivity index is 2.23. The van der Waals surface area contributed by atoms with Gasteiger partial charge in [-0.25, -0.2) is 4.39 Å². The van der Waals surface area contributed by atoms with E-state index in [4.69, 9.17) is 0 Å². The van der Waals surface area contributed by atoms with Crippen molar-refractivity contribution in [1.82, 2.24) is 10.2 Å². The summed E-state index contributed by atoms with van der Waals surface area (Å²) in [4.78, 5) is 12.5. The zero-order chi connectivity index (χ0) is 17.8. The maximum absolute atomic E-state index is 13.3. The highest BCUT2D eigenvalue weighted by atomic mass is 19.1. The Labute approximate surface area is 143 Å². The van der Waals surface area contributed by atoms with Gasteiger partial charge < -0.3 is 0 Å². The Morgan fingerprint density at radius 2 is 1.56 bits per heavy atom. The minimum absolute atomic E-state index is 0.283. The second-order valence-corrected chi connectivity index (χ2v) is 5.50. The van der Waals surface area contributed by atoms with E-state index in [0.29, 0.717) is 11.3 Å². The first-order valence-corrected chi connectivity index (χ1v) is 7.56. The molecular formula is C19H13FN4O. The number of nitrogens with one attached hydrogen (secondary N) is 2. The van der Waals surface area contributed by atoms with Crippen LogP contribution in [0.25, 0.3) is 11.3 Å². The zero-order valence-electron chi connectivity index (χ0n) is 13.0. The lowest BCUT2D eigenvalue weighted by Gasteiger charge is -2.18. The minimum atomic E-state index is -1.09. The lowest BCUT2D eigenvalue weighted by Crippen LogP contribution is -2.19. The molecule has 1 aromatic heterocycles. The lowest BCUT2D eigenvalue weighted by molar-refractivity contribution is 0.624. The predicted octanol–water partition coefficient (Wildman–Crippen LogP) is 3.30. The van der Waals surface area contributed by atoms with Gasteiger partial charge in [-0.15, -0.1) is 0 Å². The molecule has 1 atom stereocenters. The van der Waals surface area contributed by atoms with E-state index in [1.54, 1.807) is 0 Å². The van der Waals surface area contributed by atoms with Crippen molar-refractivity contribution in [2.24, 2.45) is 5.92 Å². The second kappa shape index (κ2) is 6.86. The maximum Gasteiger partial charge on any atom is 0.268 e. The fraction of sp³-hybridized carbons (Fsp3) is 0.105. The highest BCUT2D eigenvalue weighted by molar-refractivity contribution is 5.64. The van der Waals surface area contributed by atoms with Crippen LogP contribution in [0.5, 0.6) is 0 Å². The van der Waals surface area contributed by atoms with E-state index < -0.39 is 23.2 Å². The Kier molecular flexibility index (Phi) is 4.45. The minimum Gasteiger partial charge on any atom is -0.297 e. The van der Waals surface area contributed by atoms with Gasteiger partial charge >= 0.3 is 0 Å². The topological polar surface area (TPSA) is 96.2 Å². The lowest BCUT2D eigenvalue weighted by atomic mass is 9.81. The molecule has 1 heterocycles. The Morgan fingerprint density at radius 1 is 0.920 bits per heavy atom. The first-order valence-electron chi connectivity index (χ1n) is 7.56. The molecule has 0 spiro atoms. The molecule has 3 aromatic rings. The van der Waals surface area contributed by atoms with E-state index in [1.165, 1.54) is 24.3 Å². The molecule has 0 aliphatic heterocycles. The smallest absolute Gasteiger partial charge is 0.268 e. The maximum atomic E-state index is 13.3. The molecule has 2 N–H and O–H groups in total. The fourth-order valence-corrected chi connectivity index (χ4v) is 2.87. The van der Waals surface area contributed by atoms with E-state index >= 15 is 0 Å². The van der Waals surface area contributed by atoms with Gasteiger partial charge in [0.05, 0.1) is 23.4 Å². The zero-order valence-corrected chi connectivity index (χ0v) is 13.0. The van der Waals surface area contributed by atoms with Gasteiger partial charge in [-0.2, -0.15) is 10.5 Å². The number of hydrogen-bond donors (Lipinski definition) is 2. The highest BCUT2D eigenvalue weighted by Crippen LogP contribution is 2.35. The van der Waals surface area contributed by atoms with Crippen molar-refractivity contribution in [2.75, 3.05) is 0 Å². The van der Waals surface area contributed by atoms with Crippen molar-refractivity contribution in [3.63, 3.8) is 0 Å². The average molecular weight is 332 g/mol. The van der Waals surface area contributed by atoms with Gasteiger partial charge in [0.15, 0.2) is 0 Å². The molecule has 0 fully saturated rings. The van der Waals surface area contributed by atoms with Crippen molar-refractivity contribution in [1.29, 1.82) is 10.5 Å². The third kappa shape index (κ3) is 3.06. The highest BCUT2D eigenvalue weighted by Gasteiger charge is 2.31. The van der Waals surface area contributed by atoms with E-state index in [9.17, 15) is 19.7 Å². The summed E-state index contributed by atoms with van der Waals surface area (Å²) in [6, 6.07) is 18.5. The monoisotopic (exact) mass is 332 g/mol. The number of H-pyrrole nitrogens is 2. The van der Waals surface area contributed by atoms with Gasteiger partial charge in [0.2, 0.25) is 0 Å². The number of halogens is 1. The van der Waals surface area contributed by atoms with Crippen LogP contribution in [0.1, 0.15) is 17.0 Å². The van der Waals surface area contributed by atoms with Crippen LogP contribution < -0.4 is 5.56 Å². The number of aromatic nitrogens is 2. The van der Waals surface area contributed by atoms with E-state index in [0.717, 1.165) is 5.56 Å². The van der Waals surface area contributed by atoms with Gasteiger partial charge in [-0.05, 0) is 23.3 Å². The average Bonchev–Trinajstić information content (AvgIpc) is 3.02. The van der Waals surface area contributed by atoms with Gasteiger partial charge in [0.25, 0.3) is 5.56 Å². The van der Waals surface area contributed by atoms with Gasteiger partial charge in [-0.1, -0.05) is 42.5 Å². The van der Waals surface area contributed by atoms with Crippen molar-refractivity contribution < 1.29 is 4.39 Å². The molecule has 0 aliphatic rings. The van der Waals surface area contributed by atoms with Crippen molar-refractivity contribution in [3.05, 3.63) is 81.9 Å². The molecule has 0 saturated heterocycles. The summed E-state index contributed by atoms with van der Waals surface area (Å²) in [5.41, 5.74) is 1.65. The molecule has 5 nitrogen and oxygen atoms in total. The van der Waals surface area contributed by atoms with E-state index in [2.05, 4.69) is 10.2 Å². The first-order chi connectivity index (χ1) is 12.2. The third-order valence-corrected chi connectivity index (χ3v) is 4.03. The van der Waals surface area contributed by atoms with E-state index in [1.807, 2.05) is 42.5 Å². The summed E-state index contributed by atoms with van der Waals surface area (Å²) in [5.74, 6) is -2.33. The number of nitrogens with zero attached hydrogens (tertiary/aromatic N) is 2. The van der Waals surface area contributed by atoms with Crippen LogP contribution in [-0.2, 0) is 0 Å². The molecule has 0 saturated carbocycles. The molecule has 0 amide bonds. The fourth-order valence-electron chi connectivity index (χ4n) is 2.87. The van der Waals surface area contributed by atoms with Crippen LogP contribution >= 0.6 is 0 Å².